The van der Waals surface area contributed by atoms with Crippen LogP contribution in [0.5, 0.6) is 5.75 Å². The maximum absolute atomic E-state index is 12.6. The number of ketones is 1. The highest BCUT2D eigenvalue weighted by Gasteiger charge is 2.24. The molecule has 3 aromatic rings. The molecule has 0 aliphatic rings. The second-order valence-electron chi connectivity index (χ2n) is 6.18. The van der Waals surface area contributed by atoms with Crippen molar-refractivity contribution in [2.45, 2.75) is 13.8 Å². The van der Waals surface area contributed by atoms with Crippen LogP contribution in [0.1, 0.15) is 21.7 Å². The highest BCUT2D eigenvalue weighted by Crippen LogP contribution is 2.18. The summed E-state index contributed by atoms with van der Waals surface area (Å²) in [5, 5.41) is 7.62. The molecule has 7 heteroatoms. The molecule has 28 heavy (non-hydrogen) atoms. The second-order valence-corrected chi connectivity index (χ2v) is 6.62. The zero-order valence-electron chi connectivity index (χ0n) is 15.6. The number of para-hydroxylation sites is 1. The van der Waals surface area contributed by atoms with Crippen LogP contribution in [0.15, 0.2) is 54.6 Å². The van der Waals surface area contributed by atoms with Gasteiger partial charge in [-0.3, -0.25) is 9.59 Å². The number of carbonyl (C=O) groups is 2. The predicted octanol–water partition coefficient (Wildman–Crippen LogP) is 3.52. The molecule has 0 unspecified atom stereocenters. The predicted molar refractivity (Wildman–Crippen MR) is 107 cm³/mol. The van der Waals surface area contributed by atoms with Crippen LogP contribution in [0.25, 0.3) is 5.69 Å². The van der Waals surface area contributed by atoms with Crippen LogP contribution in [0.2, 0.25) is 5.02 Å². The fraction of sp³-hybridized carbons (Fsp3) is 0.190. The Kier molecular flexibility index (Phi) is 6.11. The number of rotatable bonds is 7. The first-order valence-electron chi connectivity index (χ1n) is 8.80. The average Bonchev–Trinajstić information content (AvgIpc) is 3.00. The van der Waals surface area contributed by atoms with Gasteiger partial charge in [-0.05, 0) is 50.2 Å². The van der Waals surface area contributed by atoms with Gasteiger partial charge in [0.2, 0.25) is 0 Å². The van der Waals surface area contributed by atoms with E-state index in [1.54, 1.807) is 42.8 Å². The Balaban J connectivity index is 1.61. The van der Waals surface area contributed by atoms with Crippen LogP contribution in [-0.2, 0) is 4.79 Å². The van der Waals surface area contributed by atoms with E-state index in [0.29, 0.717) is 27.7 Å². The van der Waals surface area contributed by atoms with Crippen molar-refractivity contribution in [3.63, 3.8) is 0 Å². The Hall–Kier alpha value is -3.12. The van der Waals surface area contributed by atoms with Crippen LogP contribution in [0.3, 0.4) is 0 Å². The fourth-order valence-electron chi connectivity index (χ4n) is 2.85. The molecule has 1 aromatic heterocycles. The lowest BCUT2D eigenvalue weighted by molar-refractivity contribution is -0.117. The molecule has 1 heterocycles. The third-order valence-corrected chi connectivity index (χ3v) is 4.45. The molecule has 3 rings (SSSR count). The number of carbonyl (C=O) groups excluding carboxylic acids is 2. The molecular weight excluding hydrogens is 378 g/mol. The molecule has 1 amide bonds. The van der Waals surface area contributed by atoms with Crippen molar-refractivity contribution in [2.24, 2.45) is 0 Å². The summed E-state index contributed by atoms with van der Waals surface area (Å²) in [6.45, 7) is 3.94. The minimum Gasteiger partial charge on any atom is -0.492 e. The van der Waals surface area contributed by atoms with Crippen LogP contribution in [0.4, 0.5) is 0 Å². The van der Waals surface area contributed by atoms with Crippen molar-refractivity contribution >= 4 is 23.3 Å². The van der Waals surface area contributed by atoms with Gasteiger partial charge in [0.1, 0.15) is 12.4 Å². The normalized spacial score (nSPS) is 10.5. The smallest absolute Gasteiger partial charge is 0.292 e. The van der Waals surface area contributed by atoms with Crippen LogP contribution < -0.4 is 10.1 Å². The Bertz CT molecular complexity index is 982. The first-order chi connectivity index (χ1) is 13.5. The lowest BCUT2D eigenvalue weighted by Gasteiger charge is -2.08. The molecule has 0 saturated heterocycles. The molecule has 144 valence electrons. The van der Waals surface area contributed by atoms with Crippen LogP contribution in [-0.4, -0.2) is 34.6 Å². The number of amides is 1. The third-order valence-electron chi connectivity index (χ3n) is 4.20. The van der Waals surface area contributed by atoms with Gasteiger partial charge in [0.25, 0.3) is 11.7 Å². The van der Waals surface area contributed by atoms with E-state index in [4.69, 9.17) is 16.3 Å². The first kappa shape index (κ1) is 19.6. The van der Waals surface area contributed by atoms with Gasteiger partial charge in [-0.25, -0.2) is 4.68 Å². The van der Waals surface area contributed by atoms with E-state index in [0.717, 1.165) is 5.69 Å². The summed E-state index contributed by atoms with van der Waals surface area (Å²) in [6, 6.07) is 16.4. The molecule has 1 N–H and O–H groups in total. The van der Waals surface area contributed by atoms with E-state index < -0.39 is 11.7 Å². The first-order valence-corrected chi connectivity index (χ1v) is 9.17. The minimum atomic E-state index is -0.682. The van der Waals surface area contributed by atoms with Gasteiger partial charge >= 0.3 is 0 Å². The summed E-state index contributed by atoms with van der Waals surface area (Å²) >= 11 is 5.82. The van der Waals surface area contributed by atoms with E-state index in [1.807, 2.05) is 30.3 Å². The Morgan fingerprint density at radius 2 is 1.75 bits per heavy atom. The zero-order chi connectivity index (χ0) is 20.1. The molecule has 0 fully saturated rings. The Morgan fingerprint density at radius 3 is 2.43 bits per heavy atom. The van der Waals surface area contributed by atoms with Gasteiger partial charge in [0.05, 0.1) is 29.2 Å². The summed E-state index contributed by atoms with van der Waals surface area (Å²) in [7, 11) is 0. The molecule has 2 aromatic carbocycles. The topological polar surface area (TPSA) is 73.2 Å². The van der Waals surface area contributed by atoms with Crippen molar-refractivity contribution in [3.05, 3.63) is 76.6 Å². The maximum Gasteiger partial charge on any atom is 0.292 e. The van der Waals surface area contributed by atoms with E-state index >= 15 is 0 Å². The van der Waals surface area contributed by atoms with Crippen molar-refractivity contribution in [2.75, 3.05) is 13.2 Å². The number of hydrogen-bond acceptors (Lipinski definition) is 4. The van der Waals surface area contributed by atoms with Crippen molar-refractivity contribution in [3.8, 4) is 11.4 Å². The standard InChI is InChI=1S/C21H20ClN3O3/c1-14-19(15(2)25(24-14)17-6-4-3-5-7-17)20(26)21(27)23-12-13-28-18-10-8-16(22)9-11-18/h3-11H,12-13H2,1-2H3,(H,23,27). The SMILES string of the molecule is Cc1nn(-c2ccccc2)c(C)c1C(=O)C(=O)NCCOc1ccc(Cl)cc1. The van der Waals surface area contributed by atoms with E-state index in [9.17, 15) is 9.59 Å². The molecule has 0 radical (unpaired) electrons. The van der Waals surface area contributed by atoms with Gasteiger partial charge in [0, 0.05) is 5.02 Å². The molecule has 0 bridgehead atoms. The molecule has 0 aliphatic heterocycles. The Morgan fingerprint density at radius 1 is 1.07 bits per heavy atom. The third kappa shape index (κ3) is 4.40. The summed E-state index contributed by atoms with van der Waals surface area (Å²) < 4.78 is 7.17. The number of nitrogens with one attached hydrogen (secondary N) is 1. The second kappa shape index (κ2) is 8.71. The average molecular weight is 398 g/mol. The maximum atomic E-state index is 12.6. The number of hydrogen-bond donors (Lipinski definition) is 1. The highest BCUT2D eigenvalue weighted by molar-refractivity contribution is 6.43. The number of aromatic nitrogens is 2. The largest absolute Gasteiger partial charge is 0.492 e. The van der Waals surface area contributed by atoms with E-state index in [2.05, 4.69) is 10.4 Å². The fourth-order valence-corrected chi connectivity index (χ4v) is 2.98. The van der Waals surface area contributed by atoms with E-state index in [1.165, 1.54) is 0 Å². The van der Waals surface area contributed by atoms with Crippen molar-refractivity contribution in [1.29, 1.82) is 0 Å². The summed E-state index contributed by atoms with van der Waals surface area (Å²) in [5.74, 6) is -0.650. The molecular formula is C21H20ClN3O3. The van der Waals surface area contributed by atoms with Gasteiger partial charge < -0.3 is 10.1 Å². The number of benzene rings is 2. The number of aryl methyl sites for hydroxylation is 1. The minimum absolute atomic E-state index is 0.206. The van der Waals surface area contributed by atoms with Gasteiger partial charge in [-0.2, -0.15) is 5.10 Å². The molecule has 0 saturated carbocycles. The molecule has 0 aliphatic carbocycles. The molecule has 0 spiro atoms. The number of nitrogens with zero attached hydrogens (tertiary/aromatic N) is 2. The summed E-state index contributed by atoms with van der Waals surface area (Å²) in [4.78, 5) is 24.9. The zero-order valence-corrected chi connectivity index (χ0v) is 16.4. The Labute approximate surface area is 168 Å². The monoisotopic (exact) mass is 397 g/mol. The van der Waals surface area contributed by atoms with Crippen LogP contribution >= 0.6 is 11.6 Å². The van der Waals surface area contributed by atoms with Crippen molar-refractivity contribution in [1.82, 2.24) is 15.1 Å². The molecule has 0 atom stereocenters. The number of Topliss-reactive ketones (excluding diaryl/α,β-unsaturated/α-hetero) is 1. The van der Waals surface area contributed by atoms with Gasteiger partial charge in [-0.15, -0.1) is 0 Å². The quantitative estimate of drug-likeness (QED) is 0.376. The molecule has 6 nitrogen and oxygen atoms in total. The van der Waals surface area contributed by atoms with Gasteiger partial charge in [-0.1, -0.05) is 29.8 Å². The van der Waals surface area contributed by atoms with Crippen molar-refractivity contribution < 1.29 is 14.3 Å². The van der Waals surface area contributed by atoms with E-state index in [-0.39, 0.29) is 13.2 Å². The van der Waals surface area contributed by atoms with Gasteiger partial charge in [0.15, 0.2) is 0 Å². The number of halogens is 1. The highest BCUT2D eigenvalue weighted by atomic mass is 35.5. The summed E-state index contributed by atoms with van der Waals surface area (Å²) in [5.41, 5.74) is 2.29. The lowest BCUT2D eigenvalue weighted by atomic mass is 10.1. The lowest BCUT2D eigenvalue weighted by Crippen LogP contribution is -2.34. The van der Waals surface area contributed by atoms with Crippen LogP contribution in [0, 0.1) is 13.8 Å². The summed E-state index contributed by atoms with van der Waals surface area (Å²) in [6.07, 6.45) is 0. The number of ether oxygens (including phenoxy) is 1.